The Bertz CT molecular complexity index is 608. The van der Waals surface area contributed by atoms with Crippen molar-refractivity contribution in [2.45, 2.75) is 6.54 Å². The quantitative estimate of drug-likeness (QED) is 0.851. The van der Waals surface area contributed by atoms with Crippen molar-refractivity contribution >= 4 is 17.5 Å². The summed E-state index contributed by atoms with van der Waals surface area (Å²) in [6.45, 7) is 0.896. The van der Waals surface area contributed by atoms with Crippen molar-refractivity contribution in [2.75, 3.05) is 27.7 Å². The van der Waals surface area contributed by atoms with E-state index in [-0.39, 0.29) is 5.91 Å². The Morgan fingerprint density at radius 3 is 2.52 bits per heavy atom. The second-order valence-electron chi connectivity index (χ2n) is 5.11. The van der Waals surface area contributed by atoms with E-state index in [1.807, 2.05) is 24.1 Å². The Balaban J connectivity index is 2.00. The molecule has 21 heavy (non-hydrogen) atoms. The van der Waals surface area contributed by atoms with Gasteiger partial charge in [0.2, 0.25) is 11.8 Å². The Hall–Kier alpha value is -1.85. The second-order valence-corrected chi connectivity index (χ2v) is 5.55. The molecule has 2 rings (SSSR count). The van der Waals surface area contributed by atoms with E-state index in [1.165, 1.54) is 0 Å². The van der Waals surface area contributed by atoms with Crippen LogP contribution in [0, 0.1) is 0 Å². The molecule has 1 amide bonds. The van der Waals surface area contributed by atoms with E-state index < -0.39 is 0 Å². The first-order chi connectivity index (χ1) is 9.95. The summed E-state index contributed by atoms with van der Waals surface area (Å²) in [7, 11) is 5.36. The number of hydrogen-bond donors (Lipinski definition) is 0. The highest BCUT2D eigenvalue weighted by atomic mass is 35.5. The minimum atomic E-state index is 0.0546. The number of aromatic nitrogens is 1. The lowest BCUT2D eigenvalue weighted by molar-refractivity contribution is -0.129. The minimum absolute atomic E-state index is 0.0546. The van der Waals surface area contributed by atoms with Crippen LogP contribution in [0.2, 0.25) is 5.02 Å². The first-order valence-electron chi connectivity index (χ1n) is 6.54. The summed E-state index contributed by atoms with van der Waals surface area (Å²) in [5.74, 6) is 0.605. The van der Waals surface area contributed by atoms with E-state index >= 15 is 0 Å². The van der Waals surface area contributed by atoms with Gasteiger partial charge in [-0.3, -0.25) is 9.69 Å². The van der Waals surface area contributed by atoms with E-state index in [2.05, 4.69) is 4.98 Å². The van der Waals surface area contributed by atoms with Gasteiger partial charge in [0.1, 0.15) is 6.26 Å². The number of benzene rings is 1. The Kier molecular flexibility index (Phi) is 4.98. The van der Waals surface area contributed by atoms with E-state index in [1.54, 1.807) is 37.4 Å². The van der Waals surface area contributed by atoms with Gasteiger partial charge in [0, 0.05) is 31.2 Å². The molecule has 1 heterocycles. The standard InChI is InChI=1S/C15H18ClN3O2/c1-18(2)14(20)9-19(3)8-13-10-21-15(17-13)11-4-6-12(16)7-5-11/h4-7,10H,8-9H2,1-3H3. The van der Waals surface area contributed by atoms with Crippen molar-refractivity contribution < 1.29 is 9.21 Å². The molecule has 0 radical (unpaired) electrons. The summed E-state index contributed by atoms with van der Waals surface area (Å²) in [5, 5.41) is 0.674. The molecule has 5 nitrogen and oxygen atoms in total. The van der Waals surface area contributed by atoms with E-state index in [0.717, 1.165) is 11.3 Å². The maximum Gasteiger partial charge on any atom is 0.236 e. The number of hydrogen-bond acceptors (Lipinski definition) is 4. The van der Waals surface area contributed by atoms with Crippen LogP contribution in [0.1, 0.15) is 5.69 Å². The summed E-state index contributed by atoms with van der Waals surface area (Å²) in [6, 6.07) is 7.31. The van der Waals surface area contributed by atoms with Gasteiger partial charge in [-0.15, -0.1) is 0 Å². The Morgan fingerprint density at radius 2 is 1.90 bits per heavy atom. The van der Waals surface area contributed by atoms with Crippen LogP contribution in [-0.2, 0) is 11.3 Å². The van der Waals surface area contributed by atoms with Gasteiger partial charge in [-0.2, -0.15) is 0 Å². The van der Waals surface area contributed by atoms with Crippen LogP contribution in [0.5, 0.6) is 0 Å². The number of amides is 1. The smallest absolute Gasteiger partial charge is 0.236 e. The molecule has 1 aromatic heterocycles. The molecule has 0 aliphatic heterocycles. The number of carbonyl (C=O) groups excluding carboxylic acids is 1. The van der Waals surface area contributed by atoms with E-state index in [4.69, 9.17) is 16.0 Å². The zero-order valence-corrected chi connectivity index (χ0v) is 13.1. The summed E-state index contributed by atoms with van der Waals surface area (Å²) in [6.07, 6.45) is 1.61. The highest BCUT2D eigenvalue weighted by Crippen LogP contribution is 2.21. The first-order valence-corrected chi connectivity index (χ1v) is 6.92. The third-order valence-electron chi connectivity index (χ3n) is 2.98. The molecule has 0 aliphatic carbocycles. The molecule has 1 aromatic carbocycles. The van der Waals surface area contributed by atoms with Gasteiger partial charge in [-0.05, 0) is 31.3 Å². The van der Waals surface area contributed by atoms with Gasteiger partial charge < -0.3 is 9.32 Å². The van der Waals surface area contributed by atoms with Gasteiger partial charge in [-0.25, -0.2) is 4.98 Å². The van der Waals surface area contributed by atoms with Crippen LogP contribution >= 0.6 is 11.6 Å². The molecule has 0 fully saturated rings. The number of rotatable bonds is 5. The van der Waals surface area contributed by atoms with Gasteiger partial charge in [0.05, 0.1) is 12.2 Å². The molecule has 0 bridgehead atoms. The highest BCUT2D eigenvalue weighted by molar-refractivity contribution is 6.30. The lowest BCUT2D eigenvalue weighted by atomic mass is 10.2. The van der Waals surface area contributed by atoms with Crippen molar-refractivity contribution in [1.82, 2.24) is 14.8 Å². The van der Waals surface area contributed by atoms with E-state index in [9.17, 15) is 4.79 Å². The summed E-state index contributed by atoms with van der Waals surface area (Å²) >= 11 is 5.85. The third-order valence-corrected chi connectivity index (χ3v) is 3.23. The molecule has 2 aromatic rings. The molecule has 0 aliphatic rings. The normalized spacial score (nSPS) is 10.9. The van der Waals surface area contributed by atoms with Crippen LogP contribution in [0.4, 0.5) is 0 Å². The molecular weight excluding hydrogens is 290 g/mol. The summed E-state index contributed by atoms with van der Waals surface area (Å²) < 4.78 is 5.47. The van der Waals surface area contributed by atoms with Crippen LogP contribution in [-0.4, -0.2) is 48.4 Å². The zero-order chi connectivity index (χ0) is 15.4. The number of nitrogens with zero attached hydrogens (tertiary/aromatic N) is 3. The largest absolute Gasteiger partial charge is 0.444 e. The SMILES string of the molecule is CN(CC(=O)N(C)C)Cc1coc(-c2ccc(Cl)cc2)n1. The van der Waals surface area contributed by atoms with Crippen molar-refractivity contribution in [1.29, 1.82) is 0 Å². The maximum atomic E-state index is 11.6. The predicted molar refractivity (Wildman–Crippen MR) is 82.0 cm³/mol. The third kappa shape index (κ3) is 4.31. The Morgan fingerprint density at radius 1 is 1.24 bits per heavy atom. The molecule has 6 heteroatoms. The lowest BCUT2D eigenvalue weighted by Crippen LogP contribution is -2.34. The predicted octanol–water partition coefficient (Wildman–Crippen LogP) is 2.52. The molecule has 0 saturated heterocycles. The van der Waals surface area contributed by atoms with Gasteiger partial charge in [0.15, 0.2) is 0 Å². The topological polar surface area (TPSA) is 49.6 Å². The summed E-state index contributed by atoms with van der Waals surface area (Å²) in [5.41, 5.74) is 1.66. The molecule has 0 saturated carbocycles. The fourth-order valence-corrected chi connectivity index (χ4v) is 1.94. The fourth-order valence-electron chi connectivity index (χ4n) is 1.81. The van der Waals surface area contributed by atoms with Gasteiger partial charge >= 0.3 is 0 Å². The van der Waals surface area contributed by atoms with Crippen molar-refractivity contribution in [3.63, 3.8) is 0 Å². The fraction of sp³-hybridized carbons (Fsp3) is 0.333. The monoisotopic (exact) mass is 307 g/mol. The van der Waals surface area contributed by atoms with Crippen LogP contribution in [0.15, 0.2) is 34.9 Å². The Labute approximate surface area is 129 Å². The molecule has 0 atom stereocenters. The molecule has 0 spiro atoms. The van der Waals surface area contributed by atoms with Crippen LogP contribution < -0.4 is 0 Å². The van der Waals surface area contributed by atoms with Crippen molar-refractivity contribution in [3.8, 4) is 11.5 Å². The molecule has 112 valence electrons. The minimum Gasteiger partial charge on any atom is -0.444 e. The number of halogens is 1. The second kappa shape index (κ2) is 6.74. The molecule has 0 unspecified atom stereocenters. The van der Waals surface area contributed by atoms with Gasteiger partial charge in [0.25, 0.3) is 0 Å². The summed E-state index contributed by atoms with van der Waals surface area (Å²) in [4.78, 5) is 19.5. The van der Waals surface area contributed by atoms with Crippen LogP contribution in [0.25, 0.3) is 11.5 Å². The highest BCUT2D eigenvalue weighted by Gasteiger charge is 2.12. The maximum absolute atomic E-state index is 11.6. The van der Waals surface area contributed by atoms with Crippen molar-refractivity contribution in [2.24, 2.45) is 0 Å². The van der Waals surface area contributed by atoms with E-state index in [0.29, 0.717) is 24.0 Å². The van der Waals surface area contributed by atoms with Crippen molar-refractivity contribution in [3.05, 3.63) is 41.2 Å². The average Bonchev–Trinajstić information content (AvgIpc) is 2.87. The first kappa shape index (κ1) is 15.5. The number of likely N-dealkylation sites (N-methyl/N-ethyl adjacent to an activating group) is 2. The average molecular weight is 308 g/mol. The van der Waals surface area contributed by atoms with Crippen LogP contribution in [0.3, 0.4) is 0 Å². The number of oxazole rings is 1. The zero-order valence-electron chi connectivity index (χ0n) is 12.3. The van der Waals surface area contributed by atoms with Gasteiger partial charge in [-0.1, -0.05) is 11.6 Å². The lowest BCUT2D eigenvalue weighted by Gasteiger charge is -2.17. The molecule has 0 N–H and O–H groups in total. The molecular formula is C15H18ClN3O2. The number of carbonyl (C=O) groups is 1.